The molecular weight excluding hydrogens is 751 g/mol. The Hall–Kier alpha value is -1.43. The number of allylic oxidation sites excluding steroid dienone is 5. The van der Waals surface area contributed by atoms with Crippen LogP contribution in [0.25, 0.3) is 0 Å². The number of carbonyl (C=O) groups excluding carboxylic acids is 1. The van der Waals surface area contributed by atoms with Crippen molar-refractivity contribution in [2.45, 2.75) is 308 Å². The maximum absolute atomic E-state index is 12.5. The molecule has 0 heterocycles. The number of nitrogens with one attached hydrogen (secondary N) is 1. The molecule has 5 nitrogen and oxygen atoms in total. The number of hydrogen-bond acceptors (Lipinski definition) is 4. The van der Waals surface area contributed by atoms with Gasteiger partial charge >= 0.3 is 0 Å². The molecule has 0 aromatic carbocycles. The van der Waals surface area contributed by atoms with E-state index in [2.05, 4.69) is 43.5 Å². The Kier molecular flexibility index (Phi) is 50.0. The molecule has 0 bridgehead atoms. The summed E-state index contributed by atoms with van der Waals surface area (Å²) in [6, 6.07) is -0.819. The number of aliphatic hydroxyl groups is 3. The van der Waals surface area contributed by atoms with Gasteiger partial charge in [-0.3, -0.25) is 4.79 Å². The summed E-state index contributed by atoms with van der Waals surface area (Å²) in [4.78, 5) is 12.5. The Morgan fingerprint density at radius 3 is 1.00 bits per heavy atom. The smallest absolute Gasteiger partial charge is 0.249 e. The minimum Gasteiger partial charge on any atom is -0.394 e. The Morgan fingerprint density at radius 1 is 0.393 bits per heavy atom. The fourth-order valence-electron chi connectivity index (χ4n) is 8.46. The monoisotopic (exact) mass is 858 g/mol. The van der Waals surface area contributed by atoms with Crippen LogP contribution in [-0.4, -0.2) is 46.1 Å². The van der Waals surface area contributed by atoms with Crippen molar-refractivity contribution < 1.29 is 20.1 Å². The first kappa shape index (κ1) is 59.6. The molecule has 0 radical (unpaired) electrons. The summed E-state index contributed by atoms with van der Waals surface area (Å²) in [7, 11) is 0. The van der Waals surface area contributed by atoms with E-state index in [1.165, 1.54) is 225 Å². The van der Waals surface area contributed by atoms with Gasteiger partial charge in [0.05, 0.1) is 18.8 Å². The molecule has 3 atom stereocenters. The van der Waals surface area contributed by atoms with E-state index < -0.39 is 24.2 Å². The molecule has 0 aliphatic rings. The lowest BCUT2D eigenvalue weighted by molar-refractivity contribution is -0.131. The third-order valence-corrected chi connectivity index (χ3v) is 12.7. The molecule has 5 heteroatoms. The van der Waals surface area contributed by atoms with E-state index in [9.17, 15) is 20.1 Å². The number of aliphatic hydroxyl groups excluding tert-OH is 3. The van der Waals surface area contributed by atoms with Gasteiger partial charge in [-0.1, -0.05) is 281 Å². The molecular formula is C56H107NO4. The SMILES string of the molecule is CCCCCCC/C=C/CC/C=C/CC/C=C/C(O)C(CO)NC(=O)C(O)CCCCCCCCCCCCCCCCCCCCCCCCCCCCCCCCCC. The standard InChI is InChI=1S/C56H107NO4/c1-3-5-7-9-11-13-15-17-19-20-21-22-23-24-25-26-27-28-29-30-31-32-33-34-35-37-39-41-43-45-47-49-51-55(60)56(61)57-53(52-58)54(59)50-48-46-44-42-40-38-36-18-16-14-12-10-8-6-4-2/h16,18,40,42,48,50,53-55,58-60H,3-15,17,19-39,41,43-47,49,51-52H2,1-2H3,(H,57,61)/b18-16+,42-40+,50-48+. The van der Waals surface area contributed by atoms with Gasteiger partial charge in [-0.2, -0.15) is 0 Å². The number of carbonyl (C=O) groups is 1. The molecule has 1 amide bonds. The first-order valence-corrected chi connectivity index (χ1v) is 27.3. The van der Waals surface area contributed by atoms with E-state index in [0.29, 0.717) is 6.42 Å². The molecule has 0 saturated carbocycles. The Bertz CT molecular complexity index is 947. The maximum Gasteiger partial charge on any atom is 0.249 e. The fourth-order valence-corrected chi connectivity index (χ4v) is 8.46. The zero-order chi connectivity index (χ0) is 44.4. The normalized spacial score (nSPS) is 13.6. The van der Waals surface area contributed by atoms with Gasteiger partial charge in [0.25, 0.3) is 0 Å². The molecule has 0 rings (SSSR count). The second-order valence-corrected chi connectivity index (χ2v) is 18.8. The average molecular weight is 858 g/mol. The summed E-state index contributed by atoms with van der Waals surface area (Å²) in [5.74, 6) is -0.513. The minimum absolute atomic E-state index is 0.379. The summed E-state index contributed by atoms with van der Waals surface area (Å²) < 4.78 is 0. The molecule has 61 heavy (non-hydrogen) atoms. The van der Waals surface area contributed by atoms with Crippen LogP contribution in [0.2, 0.25) is 0 Å². The summed E-state index contributed by atoms with van der Waals surface area (Å²) in [6.07, 6.45) is 66.6. The molecule has 0 spiro atoms. The zero-order valence-electron chi connectivity index (χ0n) is 41.1. The van der Waals surface area contributed by atoms with Gasteiger partial charge in [0.2, 0.25) is 5.91 Å². The fraction of sp³-hybridized carbons (Fsp3) is 0.875. The van der Waals surface area contributed by atoms with Crippen LogP contribution < -0.4 is 5.32 Å². The molecule has 0 aromatic rings. The van der Waals surface area contributed by atoms with Crippen LogP contribution >= 0.6 is 0 Å². The second kappa shape index (κ2) is 51.2. The molecule has 3 unspecified atom stereocenters. The summed E-state index contributed by atoms with van der Waals surface area (Å²) in [5.41, 5.74) is 0. The van der Waals surface area contributed by atoms with E-state index in [-0.39, 0.29) is 6.61 Å². The summed E-state index contributed by atoms with van der Waals surface area (Å²) in [5, 5.41) is 33.2. The largest absolute Gasteiger partial charge is 0.394 e. The Labute approximate surface area is 381 Å². The predicted octanol–water partition coefficient (Wildman–Crippen LogP) is 16.7. The topological polar surface area (TPSA) is 89.8 Å². The van der Waals surface area contributed by atoms with E-state index in [4.69, 9.17) is 0 Å². The lowest BCUT2D eigenvalue weighted by atomic mass is 10.0. The van der Waals surface area contributed by atoms with Crippen LogP contribution in [0.5, 0.6) is 0 Å². The molecule has 0 aliphatic carbocycles. The number of rotatable bonds is 50. The highest BCUT2D eigenvalue weighted by Crippen LogP contribution is 2.17. The Balaban J connectivity index is 3.52. The minimum atomic E-state index is -1.11. The van der Waals surface area contributed by atoms with Crippen LogP contribution in [0.15, 0.2) is 36.5 Å². The molecule has 0 aliphatic heterocycles. The summed E-state index contributed by atoms with van der Waals surface area (Å²) in [6.45, 7) is 4.17. The quantitative estimate of drug-likeness (QED) is 0.0362. The van der Waals surface area contributed by atoms with Crippen molar-refractivity contribution in [2.24, 2.45) is 0 Å². The van der Waals surface area contributed by atoms with Crippen LogP contribution in [0, 0.1) is 0 Å². The molecule has 4 N–H and O–H groups in total. The maximum atomic E-state index is 12.5. The number of hydrogen-bond donors (Lipinski definition) is 4. The lowest BCUT2D eigenvalue weighted by Gasteiger charge is -2.21. The average Bonchev–Trinajstić information content (AvgIpc) is 3.26. The third-order valence-electron chi connectivity index (χ3n) is 12.7. The molecule has 0 aromatic heterocycles. The van der Waals surface area contributed by atoms with Gasteiger partial charge in [0.15, 0.2) is 0 Å². The highest BCUT2D eigenvalue weighted by Gasteiger charge is 2.22. The van der Waals surface area contributed by atoms with E-state index >= 15 is 0 Å². The van der Waals surface area contributed by atoms with Crippen molar-refractivity contribution in [3.8, 4) is 0 Å². The van der Waals surface area contributed by atoms with E-state index in [0.717, 1.165) is 44.9 Å². The second-order valence-electron chi connectivity index (χ2n) is 18.8. The highest BCUT2D eigenvalue weighted by atomic mass is 16.3. The van der Waals surface area contributed by atoms with Crippen molar-refractivity contribution in [1.29, 1.82) is 0 Å². The first-order valence-electron chi connectivity index (χ1n) is 27.3. The first-order chi connectivity index (χ1) is 30.1. The molecule has 0 fully saturated rings. The van der Waals surface area contributed by atoms with Crippen molar-refractivity contribution in [1.82, 2.24) is 5.32 Å². The van der Waals surface area contributed by atoms with Crippen LogP contribution in [-0.2, 0) is 4.79 Å². The Morgan fingerprint density at radius 2 is 0.672 bits per heavy atom. The number of unbranched alkanes of at least 4 members (excludes halogenated alkanes) is 38. The predicted molar refractivity (Wildman–Crippen MR) is 268 cm³/mol. The van der Waals surface area contributed by atoms with Crippen molar-refractivity contribution >= 4 is 5.91 Å². The zero-order valence-corrected chi connectivity index (χ0v) is 41.1. The highest BCUT2D eigenvalue weighted by molar-refractivity contribution is 5.80. The van der Waals surface area contributed by atoms with E-state index in [1.54, 1.807) is 6.08 Å². The van der Waals surface area contributed by atoms with Crippen molar-refractivity contribution in [3.63, 3.8) is 0 Å². The van der Waals surface area contributed by atoms with Crippen LogP contribution in [0.4, 0.5) is 0 Å². The van der Waals surface area contributed by atoms with Gasteiger partial charge in [0, 0.05) is 0 Å². The summed E-state index contributed by atoms with van der Waals surface area (Å²) >= 11 is 0. The molecule has 0 saturated heterocycles. The van der Waals surface area contributed by atoms with Gasteiger partial charge in [-0.15, -0.1) is 0 Å². The van der Waals surface area contributed by atoms with Crippen molar-refractivity contribution in [3.05, 3.63) is 36.5 Å². The van der Waals surface area contributed by atoms with Gasteiger partial charge in [-0.25, -0.2) is 0 Å². The van der Waals surface area contributed by atoms with Gasteiger partial charge < -0.3 is 20.6 Å². The van der Waals surface area contributed by atoms with Gasteiger partial charge in [-0.05, 0) is 44.9 Å². The lowest BCUT2D eigenvalue weighted by Crippen LogP contribution is -2.48. The van der Waals surface area contributed by atoms with Crippen LogP contribution in [0.3, 0.4) is 0 Å². The molecule has 360 valence electrons. The van der Waals surface area contributed by atoms with E-state index in [1.807, 2.05) is 6.08 Å². The van der Waals surface area contributed by atoms with Crippen molar-refractivity contribution in [2.75, 3.05) is 6.61 Å². The van der Waals surface area contributed by atoms with Crippen LogP contribution in [0.1, 0.15) is 290 Å². The third kappa shape index (κ3) is 46.4. The number of amides is 1. The van der Waals surface area contributed by atoms with Gasteiger partial charge in [0.1, 0.15) is 6.10 Å².